The maximum atomic E-state index is 12.5. The Morgan fingerprint density at radius 2 is 1.54 bits per heavy atom. The van der Waals surface area contributed by atoms with Gasteiger partial charge < -0.3 is 9.47 Å². The van der Waals surface area contributed by atoms with Gasteiger partial charge in [0.2, 0.25) is 5.95 Å². The molecule has 0 unspecified atom stereocenters. The number of esters is 2. The smallest absolute Gasteiger partial charge is 0.356 e. The van der Waals surface area contributed by atoms with Crippen molar-refractivity contribution in [3.8, 4) is 0 Å². The van der Waals surface area contributed by atoms with Crippen molar-refractivity contribution in [2.75, 3.05) is 14.2 Å². The fourth-order valence-electron chi connectivity index (χ4n) is 1.30. The van der Waals surface area contributed by atoms with Crippen molar-refractivity contribution in [1.82, 2.24) is 9.97 Å². The fourth-order valence-corrected chi connectivity index (χ4v) is 1.65. The maximum absolute atomic E-state index is 12.5. The summed E-state index contributed by atoms with van der Waals surface area (Å²) in [5.41, 5.74) is 0.0856. The highest BCUT2D eigenvalue weighted by Gasteiger charge is 2.09. The van der Waals surface area contributed by atoms with Gasteiger partial charge in [-0.15, -0.1) is 24.0 Å². The number of aromatic nitrogens is 2. The first-order chi connectivity index (χ1) is 10.9. The number of nitrogens with zero attached hydrogens (tertiary/aromatic N) is 2. The number of ether oxygens (including phenoxy) is 2. The predicted molar refractivity (Wildman–Crippen MR) is 96.5 cm³/mol. The Morgan fingerprint density at radius 1 is 1.00 bits per heavy atom. The molecule has 0 saturated heterocycles. The van der Waals surface area contributed by atoms with Crippen LogP contribution in [-0.4, -0.2) is 36.1 Å². The highest BCUT2D eigenvalue weighted by atomic mass is 127. The van der Waals surface area contributed by atoms with E-state index >= 15 is 0 Å². The zero-order chi connectivity index (χ0) is 17.4. The van der Waals surface area contributed by atoms with E-state index in [2.05, 4.69) is 19.4 Å². The second-order valence-corrected chi connectivity index (χ2v) is 4.71. The summed E-state index contributed by atoms with van der Waals surface area (Å²) in [6, 6.07) is 5.28. The molecule has 24 heavy (non-hydrogen) atoms. The molecule has 0 aliphatic heterocycles. The van der Waals surface area contributed by atoms with Crippen molar-refractivity contribution in [1.29, 1.82) is 0 Å². The summed E-state index contributed by atoms with van der Waals surface area (Å²) in [6.07, 6.45) is 1.45. The summed E-state index contributed by atoms with van der Waals surface area (Å²) >= 11 is 11.1. The standard InChI is InChI=1S/C7H5ClFNO2.C7H6ClNO2.HI/c1-12-7(11)5-2-4(8)3-6(9)10-5;1-11-7(10)6-4-5(8)2-3-9-6;/h2-3H,1H3;2-4H,1H3;1H. The van der Waals surface area contributed by atoms with Crippen LogP contribution >= 0.6 is 47.2 Å². The number of hydrogen-bond donors (Lipinski definition) is 0. The lowest BCUT2D eigenvalue weighted by Crippen LogP contribution is -2.05. The van der Waals surface area contributed by atoms with E-state index in [4.69, 9.17) is 23.2 Å². The van der Waals surface area contributed by atoms with Crippen LogP contribution in [0.3, 0.4) is 0 Å². The Balaban J connectivity index is 0.000000425. The van der Waals surface area contributed by atoms with Gasteiger partial charge in [-0.2, -0.15) is 4.39 Å². The first-order valence-electron chi connectivity index (χ1n) is 5.98. The molecule has 0 aliphatic rings. The number of pyridine rings is 2. The number of methoxy groups -OCH3 is 2. The molecule has 0 N–H and O–H groups in total. The minimum atomic E-state index is -0.803. The van der Waals surface area contributed by atoms with Gasteiger partial charge >= 0.3 is 11.9 Å². The monoisotopic (exact) mass is 488 g/mol. The van der Waals surface area contributed by atoms with Crippen LogP contribution in [0, 0.1) is 5.95 Å². The molecule has 130 valence electrons. The molecule has 0 radical (unpaired) electrons. The van der Waals surface area contributed by atoms with Crippen molar-refractivity contribution in [3.05, 3.63) is 57.8 Å². The molecule has 6 nitrogen and oxygen atoms in total. The third-order valence-electron chi connectivity index (χ3n) is 2.27. The van der Waals surface area contributed by atoms with Crippen molar-refractivity contribution in [2.24, 2.45) is 0 Å². The summed E-state index contributed by atoms with van der Waals surface area (Å²) in [4.78, 5) is 28.7. The lowest BCUT2D eigenvalue weighted by atomic mass is 10.3. The van der Waals surface area contributed by atoms with Gasteiger partial charge in [0.15, 0.2) is 5.69 Å². The highest BCUT2D eigenvalue weighted by molar-refractivity contribution is 14.0. The van der Waals surface area contributed by atoms with Gasteiger partial charge in [-0.3, -0.25) is 0 Å². The Morgan fingerprint density at radius 3 is 2.04 bits per heavy atom. The molecular weight excluding hydrogens is 477 g/mol. The molecule has 0 spiro atoms. The summed E-state index contributed by atoms with van der Waals surface area (Å²) in [5, 5.41) is 0.586. The first-order valence-corrected chi connectivity index (χ1v) is 6.74. The molecule has 0 bridgehead atoms. The Hall–Kier alpha value is -1.52. The molecule has 0 aromatic carbocycles. The van der Waals surface area contributed by atoms with E-state index < -0.39 is 17.9 Å². The lowest BCUT2D eigenvalue weighted by Gasteiger charge is -1.98. The molecule has 2 aromatic heterocycles. The number of carbonyl (C=O) groups is 2. The van der Waals surface area contributed by atoms with E-state index in [1.54, 1.807) is 6.07 Å². The van der Waals surface area contributed by atoms with Crippen LogP contribution in [0.15, 0.2) is 30.5 Å². The van der Waals surface area contributed by atoms with Crippen LogP contribution in [0.1, 0.15) is 21.0 Å². The quantitative estimate of drug-likeness (QED) is 0.363. The lowest BCUT2D eigenvalue weighted by molar-refractivity contribution is 0.0584. The van der Waals surface area contributed by atoms with Crippen LogP contribution in [0.2, 0.25) is 10.0 Å². The summed E-state index contributed by atoms with van der Waals surface area (Å²) in [6.45, 7) is 0. The van der Waals surface area contributed by atoms with Crippen molar-refractivity contribution < 1.29 is 23.5 Å². The summed E-state index contributed by atoms with van der Waals surface area (Å²) in [5.74, 6) is -1.99. The molecule has 0 aliphatic carbocycles. The normalized spacial score (nSPS) is 9.04. The first kappa shape index (κ1) is 22.5. The Bertz CT molecular complexity index is 699. The van der Waals surface area contributed by atoms with E-state index in [9.17, 15) is 14.0 Å². The predicted octanol–water partition coefficient (Wildman–Crippen LogP) is 3.80. The molecule has 0 amide bonds. The maximum Gasteiger partial charge on any atom is 0.356 e. The molecule has 0 fully saturated rings. The van der Waals surface area contributed by atoms with Crippen LogP contribution in [-0.2, 0) is 9.47 Å². The van der Waals surface area contributed by atoms with Gasteiger partial charge in [-0.05, 0) is 18.2 Å². The number of carbonyl (C=O) groups excluding carboxylic acids is 2. The fraction of sp³-hybridized carbons (Fsp3) is 0.143. The van der Waals surface area contributed by atoms with Gasteiger partial charge in [0.25, 0.3) is 0 Å². The van der Waals surface area contributed by atoms with Crippen LogP contribution in [0.5, 0.6) is 0 Å². The third-order valence-corrected chi connectivity index (χ3v) is 2.72. The summed E-state index contributed by atoms with van der Waals surface area (Å²) < 4.78 is 21.3. The molecule has 0 saturated carbocycles. The Labute approximate surface area is 164 Å². The highest BCUT2D eigenvalue weighted by Crippen LogP contribution is 2.11. The van der Waals surface area contributed by atoms with Gasteiger partial charge in [0, 0.05) is 22.3 Å². The van der Waals surface area contributed by atoms with Gasteiger partial charge in [-0.1, -0.05) is 23.2 Å². The second-order valence-electron chi connectivity index (χ2n) is 3.84. The van der Waals surface area contributed by atoms with Crippen LogP contribution in [0.25, 0.3) is 0 Å². The molecular formula is C14H12Cl2FIN2O4. The van der Waals surface area contributed by atoms with E-state index in [-0.39, 0.29) is 40.4 Å². The van der Waals surface area contributed by atoms with Gasteiger partial charge in [0.1, 0.15) is 5.69 Å². The van der Waals surface area contributed by atoms with Gasteiger partial charge in [-0.25, -0.2) is 19.6 Å². The van der Waals surface area contributed by atoms with Gasteiger partial charge in [0.05, 0.1) is 14.2 Å². The minimum Gasteiger partial charge on any atom is -0.464 e. The molecule has 0 atom stereocenters. The zero-order valence-corrected chi connectivity index (χ0v) is 16.3. The zero-order valence-electron chi connectivity index (χ0n) is 12.5. The minimum absolute atomic E-state index is 0. The average molecular weight is 489 g/mol. The molecule has 10 heteroatoms. The Kier molecular flexibility index (Phi) is 10.4. The second kappa shape index (κ2) is 11.1. The molecule has 2 heterocycles. The van der Waals surface area contributed by atoms with E-state index in [1.165, 1.54) is 32.5 Å². The van der Waals surface area contributed by atoms with Crippen molar-refractivity contribution in [2.45, 2.75) is 0 Å². The number of rotatable bonds is 2. The molecule has 2 rings (SSSR count). The largest absolute Gasteiger partial charge is 0.464 e. The van der Waals surface area contributed by atoms with Crippen molar-refractivity contribution in [3.63, 3.8) is 0 Å². The third kappa shape index (κ3) is 7.37. The topological polar surface area (TPSA) is 78.4 Å². The van der Waals surface area contributed by atoms with E-state index in [1.807, 2.05) is 0 Å². The van der Waals surface area contributed by atoms with Crippen molar-refractivity contribution >= 4 is 59.1 Å². The number of hydrogen-bond acceptors (Lipinski definition) is 6. The van der Waals surface area contributed by atoms with Crippen LogP contribution in [0.4, 0.5) is 4.39 Å². The van der Waals surface area contributed by atoms with E-state index in [0.717, 1.165) is 6.07 Å². The van der Waals surface area contributed by atoms with Crippen LogP contribution < -0.4 is 0 Å². The SMILES string of the molecule is COC(=O)c1cc(Cl)cc(F)n1.COC(=O)c1cc(Cl)ccn1.I. The average Bonchev–Trinajstić information content (AvgIpc) is 2.53. The molecule has 2 aromatic rings. The van der Waals surface area contributed by atoms with E-state index in [0.29, 0.717) is 5.02 Å². The number of halogens is 4. The summed E-state index contributed by atoms with van der Waals surface area (Å²) in [7, 11) is 2.48.